The summed E-state index contributed by atoms with van der Waals surface area (Å²) < 4.78 is 18.1. The van der Waals surface area contributed by atoms with Crippen molar-refractivity contribution in [2.75, 3.05) is 25.6 Å². The number of rotatable bonds is 5. The van der Waals surface area contributed by atoms with Gasteiger partial charge in [0.15, 0.2) is 11.6 Å². The van der Waals surface area contributed by atoms with Crippen LogP contribution in [0.2, 0.25) is 5.02 Å². The number of aliphatic hydroxyl groups is 2. The van der Waals surface area contributed by atoms with E-state index in [0.717, 1.165) is 0 Å². The number of nitrogens with one attached hydrogen (secondary N) is 1. The lowest BCUT2D eigenvalue weighted by atomic mass is 10.2. The molecular weight excluding hydrogens is 237 g/mol. The van der Waals surface area contributed by atoms with Gasteiger partial charge >= 0.3 is 0 Å². The molecule has 1 atom stereocenters. The molecule has 0 aromatic heterocycles. The largest absolute Gasteiger partial charge is 0.492 e. The van der Waals surface area contributed by atoms with Gasteiger partial charge in [-0.05, 0) is 6.07 Å². The number of benzene rings is 1. The summed E-state index contributed by atoms with van der Waals surface area (Å²) in [7, 11) is 1.33. The van der Waals surface area contributed by atoms with Gasteiger partial charge in [-0.25, -0.2) is 4.39 Å². The quantitative estimate of drug-likeness (QED) is 0.735. The monoisotopic (exact) mass is 249 g/mol. The molecule has 0 saturated carbocycles. The molecule has 1 rings (SSSR count). The van der Waals surface area contributed by atoms with Crippen LogP contribution in [-0.2, 0) is 0 Å². The van der Waals surface area contributed by atoms with Gasteiger partial charge in [-0.1, -0.05) is 11.6 Å². The fourth-order valence-electron chi connectivity index (χ4n) is 1.16. The van der Waals surface area contributed by atoms with Gasteiger partial charge in [-0.2, -0.15) is 0 Å². The van der Waals surface area contributed by atoms with Crippen LogP contribution < -0.4 is 10.1 Å². The summed E-state index contributed by atoms with van der Waals surface area (Å²) in [6, 6.07) is 2.68. The highest BCUT2D eigenvalue weighted by Gasteiger charge is 2.10. The smallest absolute Gasteiger partial charge is 0.173 e. The third-order valence-electron chi connectivity index (χ3n) is 1.95. The number of hydrogen-bond donors (Lipinski definition) is 3. The standard InChI is InChI=1S/C10H13ClFNO3/c1-16-10-8(11)2-6(3-9(10)12)13-4-7(15)5-14/h2-3,7,13-15H,4-5H2,1H3. The maximum Gasteiger partial charge on any atom is 0.173 e. The first-order valence-electron chi connectivity index (χ1n) is 4.64. The summed E-state index contributed by atoms with van der Waals surface area (Å²) >= 11 is 5.77. The molecule has 1 unspecified atom stereocenters. The van der Waals surface area contributed by atoms with Crippen molar-refractivity contribution < 1.29 is 19.3 Å². The Bertz CT molecular complexity index is 339. The van der Waals surface area contributed by atoms with Gasteiger partial charge in [0.2, 0.25) is 0 Å². The second-order valence-corrected chi connectivity index (χ2v) is 3.60. The zero-order valence-corrected chi connectivity index (χ0v) is 9.46. The topological polar surface area (TPSA) is 61.7 Å². The lowest BCUT2D eigenvalue weighted by Gasteiger charge is -2.12. The fourth-order valence-corrected chi connectivity index (χ4v) is 1.44. The number of ether oxygens (including phenoxy) is 1. The van der Waals surface area contributed by atoms with E-state index < -0.39 is 11.9 Å². The number of methoxy groups -OCH3 is 1. The average Bonchev–Trinajstić information content (AvgIpc) is 2.25. The number of halogens is 2. The third-order valence-corrected chi connectivity index (χ3v) is 2.24. The molecule has 6 heteroatoms. The van der Waals surface area contributed by atoms with E-state index >= 15 is 0 Å². The Balaban J connectivity index is 2.76. The molecule has 0 fully saturated rings. The summed E-state index contributed by atoms with van der Waals surface area (Å²) in [6.07, 6.45) is -0.899. The number of anilines is 1. The van der Waals surface area contributed by atoms with Gasteiger partial charge in [-0.15, -0.1) is 0 Å². The molecule has 0 bridgehead atoms. The van der Waals surface area contributed by atoms with Crippen molar-refractivity contribution >= 4 is 17.3 Å². The minimum atomic E-state index is -0.899. The van der Waals surface area contributed by atoms with Crippen molar-refractivity contribution in [2.24, 2.45) is 0 Å². The van der Waals surface area contributed by atoms with Crippen molar-refractivity contribution in [3.05, 3.63) is 23.0 Å². The molecule has 1 aromatic carbocycles. The maximum atomic E-state index is 13.4. The molecule has 0 radical (unpaired) electrons. The molecule has 0 spiro atoms. The fraction of sp³-hybridized carbons (Fsp3) is 0.400. The molecular formula is C10H13ClFNO3. The zero-order chi connectivity index (χ0) is 12.1. The Labute approximate surface area is 97.6 Å². The van der Waals surface area contributed by atoms with Crippen LogP contribution in [-0.4, -0.2) is 36.6 Å². The van der Waals surface area contributed by atoms with Crippen molar-refractivity contribution in [1.82, 2.24) is 0 Å². The molecule has 1 aromatic rings. The van der Waals surface area contributed by atoms with E-state index in [4.69, 9.17) is 26.6 Å². The second kappa shape index (κ2) is 5.89. The van der Waals surface area contributed by atoms with E-state index in [1.54, 1.807) is 0 Å². The van der Waals surface area contributed by atoms with Crippen molar-refractivity contribution in [1.29, 1.82) is 0 Å². The summed E-state index contributed by atoms with van der Waals surface area (Å²) in [6.45, 7) is -0.252. The van der Waals surface area contributed by atoms with Crippen molar-refractivity contribution in [3.63, 3.8) is 0 Å². The highest BCUT2D eigenvalue weighted by molar-refractivity contribution is 6.32. The number of aliphatic hydroxyl groups excluding tert-OH is 2. The lowest BCUT2D eigenvalue weighted by Crippen LogP contribution is -2.22. The maximum absolute atomic E-state index is 13.4. The van der Waals surface area contributed by atoms with Gasteiger partial charge in [-0.3, -0.25) is 0 Å². The molecule has 90 valence electrons. The third kappa shape index (κ3) is 3.23. The average molecular weight is 250 g/mol. The van der Waals surface area contributed by atoms with E-state index in [2.05, 4.69) is 5.32 Å². The van der Waals surface area contributed by atoms with E-state index in [0.29, 0.717) is 5.69 Å². The first-order chi connectivity index (χ1) is 7.58. The molecule has 0 aliphatic carbocycles. The van der Waals surface area contributed by atoms with Crippen LogP contribution in [0.5, 0.6) is 5.75 Å². The van der Waals surface area contributed by atoms with E-state index in [-0.39, 0.29) is 23.9 Å². The molecule has 0 saturated heterocycles. The Kier molecular flexibility index (Phi) is 4.79. The van der Waals surface area contributed by atoms with Gasteiger partial charge in [0.25, 0.3) is 0 Å². The first kappa shape index (κ1) is 13.0. The predicted molar refractivity (Wildman–Crippen MR) is 59.5 cm³/mol. The van der Waals surface area contributed by atoms with Crippen LogP contribution in [0.15, 0.2) is 12.1 Å². The van der Waals surface area contributed by atoms with Crippen LogP contribution >= 0.6 is 11.6 Å². The first-order valence-corrected chi connectivity index (χ1v) is 5.02. The Morgan fingerprint density at radius 1 is 1.56 bits per heavy atom. The Morgan fingerprint density at radius 2 is 2.25 bits per heavy atom. The molecule has 0 aliphatic rings. The minimum absolute atomic E-state index is 0.0186. The predicted octanol–water partition coefficient (Wildman–Crippen LogP) is 1.25. The molecule has 4 nitrogen and oxygen atoms in total. The zero-order valence-electron chi connectivity index (χ0n) is 8.70. The highest BCUT2D eigenvalue weighted by Crippen LogP contribution is 2.30. The normalized spacial score (nSPS) is 12.3. The van der Waals surface area contributed by atoms with Crippen LogP contribution in [0.4, 0.5) is 10.1 Å². The van der Waals surface area contributed by atoms with Gasteiger partial charge in [0.05, 0.1) is 24.8 Å². The van der Waals surface area contributed by atoms with Crippen LogP contribution in [0.25, 0.3) is 0 Å². The molecule has 0 heterocycles. The molecule has 0 aliphatic heterocycles. The molecule has 16 heavy (non-hydrogen) atoms. The summed E-state index contributed by atoms with van der Waals surface area (Å²) in [5.41, 5.74) is 0.413. The Morgan fingerprint density at radius 3 is 2.75 bits per heavy atom. The minimum Gasteiger partial charge on any atom is -0.492 e. The van der Waals surface area contributed by atoms with Crippen LogP contribution in [0.3, 0.4) is 0 Å². The van der Waals surface area contributed by atoms with E-state index in [9.17, 15) is 4.39 Å². The lowest BCUT2D eigenvalue weighted by molar-refractivity contribution is 0.105. The second-order valence-electron chi connectivity index (χ2n) is 3.19. The van der Waals surface area contributed by atoms with Crippen molar-refractivity contribution in [3.8, 4) is 5.75 Å². The van der Waals surface area contributed by atoms with E-state index in [1.165, 1.54) is 19.2 Å². The Hall–Kier alpha value is -1.04. The van der Waals surface area contributed by atoms with E-state index in [1.807, 2.05) is 0 Å². The van der Waals surface area contributed by atoms with Crippen molar-refractivity contribution in [2.45, 2.75) is 6.10 Å². The van der Waals surface area contributed by atoms with Gasteiger partial charge < -0.3 is 20.3 Å². The summed E-state index contributed by atoms with van der Waals surface area (Å²) in [5, 5.41) is 20.6. The molecule has 3 N–H and O–H groups in total. The highest BCUT2D eigenvalue weighted by atomic mass is 35.5. The number of hydrogen-bond acceptors (Lipinski definition) is 4. The molecule has 0 amide bonds. The summed E-state index contributed by atoms with van der Waals surface area (Å²) in [5.74, 6) is -0.606. The van der Waals surface area contributed by atoms with Crippen LogP contribution in [0, 0.1) is 5.82 Å². The van der Waals surface area contributed by atoms with Gasteiger partial charge in [0.1, 0.15) is 0 Å². The van der Waals surface area contributed by atoms with Crippen LogP contribution in [0.1, 0.15) is 0 Å². The summed E-state index contributed by atoms with van der Waals surface area (Å²) in [4.78, 5) is 0. The van der Waals surface area contributed by atoms with Gasteiger partial charge in [0, 0.05) is 18.3 Å². The SMILES string of the molecule is COc1c(F)cc(NCC(O)CO)cc1Cl.